The lowest BCUT2D eigenvalue weighted by molar-refractivity contribution is -0.139. The molecule has 2 aromatic rings. The maximum absolute atomic E-state index is 13.4. The molecule has 0 bridgehead atoms. The number of rotatable bonds is 10. The fourth-order valence-corrected chi connectivity index (χ4v) is 5.71. The summed E-state index contributed by atoms with van der Waals surface area (Å²) < 4.78 is 0. The van der Waals surface area contributed by atoms with Crippen LogP contribution in [-0.2, 0) is 21.9 Å². The van der Waals surface area contributed by atoms with Gasteiger partial charge in [-0.25, -0.2) is 0 Å². The van der Waals surface area contributed by atoms with Crippen molar-refractivity contribution in [1.29, 1.82) is 0 Å². The molecule has 0 aliphatic heterocycles. The Hall–Kier alpha value is -1.69. The number of hydrogen-bond acceptors (Lipinski definition) is 3. The van der Waals surface area contributed by atoms with Crippen LogP contribution in [0.15, 0.2) is 42.5 Å². The van der Waals surface area contributed by atoms with Gasteiger partial charge in [-0.1, -0.05) is 79.7 Å². The lowest BCUT2D eigenvalue weighted by atomic mass is 9.95. The zero-order chi connectivity index (χ0) is 24.5. The lowest BCUT2D eigenvalue weighted by Crippen LogP contribution is -2.52. The first-order valence-electron chi connectivity index (χ1n) is 12.0. The fourth-order valence-electron chi connectivity index (χ4n) is 4.40. The average Bonchev–Trinajstić information content (AvgIpc) is 2.83. The van der Waals surface area contributed by atoms with Crippen molar-refractivity contribution < 1.29 is 9.59 Å². The minimum Gasteiger partial charge on any atom is -0.352 e. The van der Waals surface area contributed by atoms with Crippen molar-refractivity contribution in [1.82, 2.24) is 10.2 Å². The summed E-state index contributed by atoms with van der Waals surface area (Å²) in [5, 5.41) is 4.13. The summed E-state index contributed by atoms with van der Waals surface area (Å²) >= 11 is 13.9. The van der Waals surface area contributed by atoms with E-state index >= 15 is 0 Å². The number of nitrogens with zero attached hydrogens (tertiary/aromatic N) is 1. The summed E-state index contributed by atoms with van der Waals surface area (Å²) in [5.74, 6) is 0.953. The van der Waals surface area contributed by atoms with Crippen molar-refractivity contribution in [3.8, 4) is 0 Å². The van der Waals surface area contributed by atoms with Crippen LogP contribution in [0.4, 0.5) is 0 Å². The first-order valence-corrected chi connectivity index (χ1v) is 14.0. The van der Waals surface area contributed by atoms with E-state index < -0.39 is 6.04 Å². The highest BCUT2D eigenvalue weighted by Crippen LogP contribution is 2.25. The molecule has 1 aliphatic rings. The van der Waals surface area contributed by atoms with E-state index in [2.05, 4.69) is 24.4 Å². The smallest absolute Gasteiger partial charge is 0.243 e. The Bertz CT molecular complexity index is 979. The van der Waals surface area contributed by atoms with E-state index in [1.807, 2.05) is 25.1 Å². The summed E-state index contributed by atoms with van der Waals surface area (Å²) in [7, 11) is 0. The van der Waals surface area contributed by atoms with E-state index in [-0.39, 0.29) is 17.9 Å². The summed E-state index contributed by atoms with van der Waals surface area (Å²) in [6, 6.07) is 13.3. The van der Waals surface area contributed by atoms with Gasteiger partial charge in [-0.3, -0.25) is 9.59 Å². The van der Waals surface area contributed by atoms with Gasteiger partial charge in [0.25, 0.3) is 0 Å². The van der Waals surface area contributed by atoms with Gasteiger partial charge < -0.3 is 10.2 Å². The van der Waals surface area contributed by atoms with E-state index in [0.717, 1.165) is 37.0 Å². The normalized spacial score (nSPS) is 15.1. The maximum Gasteiger partial charge on any atom is 0.243 e. The maximum atomic E-state index is 13.4. The zero-order valence-electron chi connectivity index (χ0n) is 20.0. The largest absolute Gasteiger partial charge is 0.352 e. The SMILES string of the molecule is CCC(C(=O)NC1CCCCC1)N(Cc1ccc(Cl)c(Cl)c1)C(=O)CSCc1ccccc1C. The van der Waals surface area contributed by atoms with Crippen LogP contribution in [0.3, 0.4) is 0 Å². The fraction of sp³-hybridized carbons (Fsp3) is 0.481. The molecule has 1 saturated carbocycles. The van der Waals surface area contributed by atoms with Crippen molar-refractivity contribution in [3.63, 3.8) is 0 Å². The second-order valence-corrected chi connectivity index (χ2v) is 10.8. The molecule has 0 saturated heterocycles. The number of hydrogen-bond donors (Lipinski definition) is 1. The number of thioether (sulfide) groups is 1. The van der Waals surface area contributed by atoms with Gasteiger partial charge >= 0.3 is 0 Å². The molecule has 2 amide bonds. The van der Waals surface area contributed by atoms with Crippen molar-refractivity contribution in [2.24, 2.45) is 0 Å². The highest BCUT2D eigenvalue weighted by atomic mass is 35.5. The van der Waals surface area contributed by atoms with Crippen molar-refractivity contribution in [2.75, 3.05) is 5.75 Å². The molecule has 1 fully saturated rings. The predicted molar refractivity (Wildman–Crippen MR) is 143 cm³/mol. The van der Waals surface area contributed by atoms with Crippen molar-refractivity contribution >= 4 is 46.8 Å². The third kappa shape index (κ3) is 7.66. The van der Waals surface area contributed by atoms with Gasteiger partial charge in [-0.2, -0.15) is 0 Å². The van der Waals surface area contributed by atoms with Crippen LogP contribution in [0.2, 0.25) is 10.0 Å². The highest BCUT2D eigenvalue weighted by Gasteiger charge is 2.30. The molecule has 2 aromatic carbocycles. The molecule has 0 spiro atoms. The van der Waals surface area contributed by atoms with Gasteiger partial charge in [-0.15, -0.1) is 11.8 Å². The minimum atomic E-state index is -0.525. The number of carbonyl (C=O) groups excluding carboxylic acids is 2. The molecule has 34 heavy (non-hydrogen) atoms. The molecule has 0 aromatic heterocycles. The standard InChI is InChI=1S/C27H34Cl2N2O2S/c1-3-25(27(33)30-22-11-5-4-6-12-22)31(16-20-13-14-23(28)24(29)15-20)26(32)18-34-17-21-10-8-7-9-19(21)2/h7-10,13-15,22,25H,3-6,11-12,16-18H2,1-2H3,(H,30,33). The van der Waals surface area contributed by atoms with Crippen molar-refractivity contribution in [2.45, 2.75) is 76.8 Å². The zero-order valence-corrected chi connectivity index (χ0v) is 22.3. The van der Waals surface area contributed by atoms with E-state index in [9.17, 15) is 9.59 Å². The third-order valence-corrected chi connectivity index (χ3v) is 8.12. The third-order valence-electron chi connectivity index (χ3n) is 6.42. The lowest BCUT2D eigenvalue weighted by Gasteiger charge is -2.33. The summed E-state index contributed by atoms with van der Waals surface area (Å²) in [6.45, 7) is 4.36. The Kier molecular flexibility index (Phi) is 10.6. The van der Waals surface area contributed by atoms with Gasteiger partial charge in [-0.05, 0) is 55.0 Å². The minimum absolute atomic E-state index is 0.0460. The van der Waals surface area contributed by atoms with Crippen LogP contribution in [0.25, 0.3) is 0 Å². The van der Waals surface area contributed by atoms with E-state index in [0.29, 0.717) is 28.8 Å². The van der Waals surface area contributed by atoms with Crippen LogP contribution in [-0.4, -0.2) is 34.6 Å². The van der Waals surface area contributed by atoms with E-state index in [1.165, 1.54) is 17.5 Å². The van der Waals surface area contributed by atoms with Crippen LogP contribution >= 0.6 is 35.0 Å². The van der Waals surface area contributed by atoms with Crippen LogP contribution in [0.1, 0.15) is 62.1 Å². The molecular formula is C27H34Cl2N2O2S. The van der Waals surface area contributed by atoms with Gasteiger partial charge in [0.15, 0.2) is 0 Å². The second-order valence-electron chi connectivity index (χ2n) is 8.96. The van der Waals surface area contributed by atoms with Gasteiger partial charge in [0, 0.05) is 18.3 Å². The molecule has 0 radical (unpaired) electrons. The second kappa shape index (κ2) is 13.4. The van der Waals surface area contributed by atoms with Crippen molar-refractivity contribution in [3.05, 3.63) is 69.2 Å². The number of carbonyl (C=O) groups is 2. The molecule has 0 heterocycles. The van der Waals surface area contributed by atoms with E-state index in [1.54, 1.807) is 28.8 Å². The Labute approximate surface area is 217 Å². The van der Waals surface area contributed by atoms with Crippen LogP contribution in [0, 0.1) is 6.92 Å². The summed E-state index contributed by atoms with van der Waals surface area (Å²) in [6.07, 6.45) is 6.08. The molecular weight excluding hydrogens is 487 g/mol. The molecule has 1 unspecified atom stereocenters. The quantitative estimate of drug-likeness (QED) is 0.375. The molecule has 3 rings (SSSR count). The van der Waals surface area contributed by atoms with Crippen LogP contribution < -0.4 is 5.32 Å². The summed E-state index contributed by atoms with van der Waals surface area (Å²) in [5.41, 5.74) is 3.29. The number of nitrogens with one attached hydrogen (secondary N) is 1. The molecule has 7 heteroatoms. The molecule has 4 nitrogen and oxygen atoms in total. The Morgan fingerprint density at radius 1 is 1.09 bits per heavy atom. The topological polar surface area (TPSA) is 49.4 Å². The van der Waals surface area contributed by atoms with E-state index in [4.69, 9.17) is 23.2 Å². The predicted octanol–water partition coefficient (Wildman–Crippen LogP) is 6.79. The molecule has 1 aliphatic carbocycles. The number of amides is 2. The first-order chi connectivity index (χ1) is 16.4. The average molecular weight is 522 g/mol. The first kappa shape index (κ1) is 26.9. The Morgan fingerprint density at radius 2 is 1.82 bits per heavy atom. The number of halogens is 2. The molecule has 184 valence electrons. The van der Waals surface area contributed by atoms with Gasteiger partial charge in [0.05, 0.1) is 15.8 Å². The highest BCUT2D eigenvalue weighted by molar-refractivity contribution is 7.99. The van der Waals surface area contributed by atoms with Gasteiger partial charge in [0.2, 0.25) is 11.8 Å². The Balaban J connectivity index is 1.73. The van der Waals surface area contributed by atoms with Crippen LogP contribution in [0.5, 0.6) is 0 Å². The number of benzene rings is 2. The Morgan fingerprint density at radius 3 is 2.50 bits per heavy atom. The molecule has 1 N–H and O–H groups in total. The molecule has 1 atom stereocenters. The van der Waals surface area contributed by atoms with Gasteiger partial charge in [0.1, 0.15) is 6.04 Å². The summed E-state index contributed by atoms with van der Waals surface area (Å²) in [4.78, 5) is 28.4. The number of aryl methyl sites for hydroxylation is 1. The monoisotopic (exact) mass is 520 g/mol.